The van der Waals surface area contributed by atoms with Crippen molar-refractivity contribution in [3.8, 4) is 0 Å². The third-order valence-corrected chi connectivity index (χ3v) is 3.40. The first-order chi connectivity index (χ1) is 10.8. The van der Waals surface area contributed by atoms with Gasteiger partial charge in [-0.15, -0.1) is 12.4 Å². The van der Waals surface area contributed by atoms with Gasteiger partial charge in [0.2, 0.25) is 0 Å². The minimum atomic E-state index is -0.0641. The average Bonchev–Trinajstić information content (AvgIpc) is 2.62. The number of fused-ring (bicyclic) bond motifs is 2. The van der Waals surface area contributed by atoms with E-state index in [1.165, 1.54) is 0 Å². The van der Waals surface area contributed by atoms with Crippen molar-refractivity contribution in [3.05, 3.63) is 101 Å². The molecule has 0 saturated carbocycles. The molecule has 2 aromatic carbocycles. The highest BCUT2D eigenvalue weighted by molar-refractivity contribution is 6.28. The number of halogens is 1. The molecule has 4 rings (SSSR count). The highest BCUT2D eigenvalue weighted by atomic mass is 35.5. The van der Waals surface area contributed by atoms with Gasteiger partial charge >= 0.3 is 0 Å². The maximum absolute atomic E-state index is 12.1. The maximum Gasteiger partial charge on any atom is 0.194 e. The second-order valence-corrected chi connectivity index (χ2v) is 4.77. The topological polar surface area (TPSA) is 47.0 Å². The number of nitrogens with zero attached hydrogens (tertiary/aromatic N) is 1. The molecule has 0 amide bonds. The van der Waals surface area contributed by atoms with Crippen LogP contribution in [0.5, 0.6) is 0 Å². The lowest BCUT2D eigenvalue weighted by molar-refractivity contribution is 0.0979. The first-order valence-electron chi connectivity index (χ1n) is 6.91. The zero-order chi connectivity index (χ0) is 15.4. The van der Waals surface area contributed by atoms with E-state index < -0.39 is 0 Å². The molecule has 0 radical (unpaired) electrons. The van der Waals surface area contributed by atoms with Crippen LogP contribution in [-0.2, 0) is 0 Å². The molecule has 0 fully saturated rings. The lowest BCUT2D eigenvalue weighted by Crippen LogP contribution is -2.20. The van der Waals surface area contributed by atoms with E-state index in [1.54, 1.807) is 60.9 Å². The lowest BCUT2D eigenvalue weighted by atomic mass is 9.84. The number of rotatable bonds is 0. The van der Waals surface area contributed by atoms with Crippen LogP contribution in [0.2, 0.25) is 0 Å². The standard InChI is InChI=1S/C14H8O2.C5H5N.ClH/c15-13-9-5-1-2-6-10(9)14(16)12-8-4-3-7-11(12)13;1-2-4-6-5-3-1;/h1-8H;1-5H;1H. The van der Waals surface area contributed by atoms with Gasteiger partial charge in [0.1, 0.15) is 0 Å². The van der Waals surface area contributed by atoms with Crippen molar-refractivity contribution in [1.29, 1.82) is 0 Å². The molecular formula is C19H14ClNO2. The minimum absolute atomic E-state index is 0. The summed E-state index contributed by atoms with van der Waals surface area (Å²) < 4.78 is 0. The van der Waals surface area contributed by atoms with E-state index in [-0.39, 0.29) is 24.0 Å². The normalized spacial score (nSPS) is 11.3. The predicted octanol–water partition coefficient (Wildman–Crippen LogP) is 3.97. The van der Waals surface area contributed by atoms with Gasteiger partial charge in [-0.05, 0) is 12.1 Å². The highest BCUT2D eigenvalue weighted by Crippen LogP contribution is 2.26. The molecular weight excluding hydrogens is 310 g/mol. The first kappa shape index (κ1) is 16.6. The van der Waals surface area contributed by atoms with E-state index in [1.807, 2.05) is 18.2 Å². The third-order valence-electron chi connectivity index (χ3n) is 3.40. The smallest absolute Gasteiger partial charge is 0.194 e. The van der Waals surface area contributed by atoms with Crippen molar-refractivity contribution in [2.75, 3.05) is 0 Å². The fourth-order valence-electron chi connectivity index (χ4n) is 2.36. The van der Waals surface area contributed by atoms with Crippen LogP contribution in [-0.4, -0.2) is 16.6 Å². The van der Waals surface area contributed by atoms with Gasteiger partial charge in [-0.1, -0.05) is 54.6 Å². The Morgan fingerprint density at radius 3 is 1.09 bits per heavy atom. The van der Waals surface area contributed by atoms with E-state index in [0.717, 1.165) is 0 Å². The number of aromatic nitrogens is 1. The fraction of sp³-hybridized carbons (Fsp3) is 0. The van der Waals surface area contributed by atoms with Crippen LogP contribution in [0.15, 0.2) is 79.1 Å². The summed E-state index contributed by atoms with van der Waals surface area (Å²) in [4.78, 5) is 28.0. The van der Waals surface area contributed by atoms with Gasteiger partial charge in [0.05, 0.1) is 0 Å². The molecule has 3 aromatic rings. The molecule has 1 heterocycles. The number of hydrogen-bond donors (Lipinski definition) is 0. The second kappa shape index (κ2) is 7.47. The Balaban J connectivity index is 0.000000234. The molecule has 114 valence electrons. The predicted molar refractivity (Wildman–Crippen MR) is 91.2 cm³/mol. The summed E-state index contributed by atoms with van der Waals surface area (Å²) in [5.41, 5.74) is 2.02. The molecule has 0 atom stereocenters. The van der Waals surface area contributed by atoms with Gasteiger partial charge < -0.3 is 0 Å². The molecule has 1 aromatic heterocycles. The number of pyridine rings is 1. The van der Waals surface area contributed by atoms with Crippen LogP contribution < -0.4 is 0 Å². The van der Waals surface area contributed by atoms with Crippen molar-refractivity contribution in [2.45, 2.75) is 0 Å². The summed E-state index contributed by atoms with van der Waals surface area (Å²) in [6, 6.07) is 19.6. The van der Waals surface area contributed by atoms with Gasteiger partial charge in [0.25, 0.3) is 0 Å². The molecule has 0 saturated heterocycles. The second-order valence-electron chi connectivity index (χ2n) is 4.77. The van der Waals surface area contributed by atoms with Crippen LogP contribution >= 0.6 is 12.4 Å². The van der Waals surface area contributed by atoms with E-state index in [2.05, 4.69) is 4.98 Å². The SMILES string of the molecule is Cl.O=C1c2ccccc2C(=O)c2ccccc21.c1ccncc1. The molecule has 1 aliphatic rings. The number of carbonyl (C=O) groups is 2. The summed E-state index contributed by atoms with van der Waals surface area (Å²) in [6.07, 6.45) is 3.50. The zero-order valence-corrected chi connectivity index (χ0v) is 13.0. The van der Waals surface area contributed by atoms with Gasteiger partial charge in [-0.2, -0.15) is 0 Å². The number of benzene rings is 2. The Morgan fingerprint density at radius 1 is 0.522 bits per heavy atom. The largest absolute Gasteiger partial charge is 0.289 e. The fourth-order valence-corrected chi connectivity index (χ4v) is 2.36. The molecule has 3 nitrogen and oxygen atoms in total. The molecule has 0 bridgehead atoms. The van der Waals surface area contributed by atoms with Gasteiger partial charge in [0, 0.05) is 34.6 Å². The van der Waals surface area contributed by atoms with E-state index in [9.17, 15) is 9.59 Å². The Hall–Kier alpha value is -2.78. The molecule has 0 spiro atoms. The van der Waals surface area contributed by atoms with Crippen molar-refractivity contribution in [1.82, 2.24) is 4.98 Å². The van der Waals surface area contributed by atoms with Gasteiger partial charge in [-0.3, -0.25) is 14.6 Å². The van der Waals surface area contributed by atoms with E-state index in [4.69, 9.17) is 0 Å². The van der Waals surface area contributed by atoms with Crippen LogP contribution in [0.4, 0.5) is 0 Å². The summed E-state index contributed by atoms with van der Waals surface area (Å²) in [7, 11) is 0. The molecule has 23 heavy (non-hydrogen) atoms. The Labute approximate surface area is 140 Å². The quantitative estimate of drug-likeness (QED) is 0.492. The molecule has 0 unspecified atom stereocenters. The maximum atomic E-state index is 12.1. The van der Waals surface area contributed by atoms with Gasteiger partial charge in [-0.25, -0.2) is 0 Å². The van der Waals surface area contributed by atoms with Crippen molar-refractivity contribution >= 4 is 24.0 Å². The molecule has 4 heteroatoms. The summed E-state index contributed by atoms with van der Waals surface area (Å²) in [6.45, 7) is 0. The number of ketones is 2. The zero-order valence-electron chi connectivity index (χ0n) is 12.2. The van der Waals surface area contributed by atoms with Crippen LogP contribution in [0.1, 0.15) is 31.8 Å². The molecule has 0 aliphatic heterocycles. The highest BCUT2D eigenvalue weighted by Gasteiger charge is 2.28. The van der Waals surface area contributed by atoms with Crippen LogP contribution in [0.25, 0.3) is 0 Å². The Morgan fingerprint density at radius 2 is 0.870 bits per heavy atom. The van der Waals surface area contributed by atoms with Crippen molar-refractivity contribution < 1.29 is 9.59 Å². The Kier molecular flexibility index (Phi) is 5.39. The summed E-state index contributed by atoms with van der Waals surface area (Å²) in [5.74, 6) is -0.128. The van der Waals surface area contributed by atoms with Crippen molar-refractivity contribution in [2.24, 2.45) is 0 Å². The molecule has 1 aliphatic carbocycles. The number of carbonyl (C=O) groups excluding carboxylic acids is 2. The monoisotopic (exact) mass is 323 g/mol. The van der Waals surface area contributed by atoms with Crippen LogP contribution in [0.3, 0.4) is 0 Å². The van der Waals surface area contributed by atoms with Crippen LogP contribution in [0, 0.1) is 0 Å². The minimum Gasteiger partial charge on any atom is -0.289 e. The lowest BCUT2D eigenvalue weighted by Gasteiger charge is -2.16. The van der Waals surface area contributed by atoms with Crippen molar-refractivity contribution in [3.63, 3.8) is 0 Å². The average molecular weight is 324 g/mol. The summed E-state index contributed by atoms with van der Waals surface area (Å²) >= 11 is 0. The summed E-state index contributed by atoms with van der Waals surface area (Å²) in [5, 5.41) is 0. The Bertz CT molecular complexity index is 699. The van der Waals surface area contributed by atoms with E-state index in [0.29, 0.717) is 22.3 Å². The molecule has 0 N–H and O–H groups in total. The first-order valence-corrected chi connectivity index (χ1v) is 6.91. The van der Waals surface area contributed by atoms with Gasteiger partial charge in [0.15, 0.2) is 11.6 Å². The van der Waals surface area contributed by atoms with E-state index >= 15 is 0 Å². The number of hydrogen-bond acceptors (Lipinski definition) is 3. The third kappa shape index (κ3) is 3.35.